The zero-order chi connectivity index (χ0) is 19.6. The van der Waals surface area contributed by atoms with Crippen LogP contribution in [0.15, 0.2) is 52.2 Å². The van der Waals surface area contributed by atoms with Crippen molar-refractivity contribution in [2.24, 2.45) is 11.3 Å². The molecule has 1 heterocycles. The smallest absolute Gasteiger partial charge is 0.234 e. The average Bonchev–Trinajstić information content (AvgIpc) is 3.17. The first kappa shape index (κ1) is 19.1. The summed E-state index contributed by atoms with van der Waals surface area (Å²) in [6, 6.07) is 12.1. The Labute approximate surface area is 171 Å². The quantitative estimate of drug-likeness (QED) is 0.725. The number of fused-ring (bicyclic) bond motifs is 1. The van der Waals surface area contributed by atoms with Gasteiger partial charge in [-0.25, -0.2) is 0 Å². The first-order valence-corrected chi connectivity index (χ1v) is 11.2. The Morgan fingerprint density at radius 3 is 2.89 bits per heavy atom. The first-order chi connectivity index (χ1) is 13.6. The number of para-hydroxylation sites is 1. The summed E-state index contributed by atoms with van der Waals surface area (Å²) in [5.74, 6) is 0.897. The fraction of sp³-hybridized carbons (Fsp3) is 0.478. The third-order valence-corrected chi connectivity index (χ3v) is 7.28. The molecular formula is C23H27N3OS. The summed E-state index contributed by atoms with van der Waals surface area (Å²) in [5.41, 5.74) is 4.38. The van der Waals surface area contributed by atoms with Gasteiger partial charge in [-0.1, -0.05) is 49.7 Å². The molecule has 3 aliphatic rings. The van der Waals surface area contributed by atoms with E-state index in [-0.39, 0.29) is 11.3 Å². The fourth-order valence-electron chi connectivity index (χ4n) is 5.15. The number of amides is 1. The Morgan fingerprint density at radius 1 is 1.32 bits per heavy atom. The number of carbonyl (C=O) groups excluding carboxylic acids is 1. The molecular weight excluding hydrogens is 366 g/mol. The number of carbonyl (C=O) groups is 1. The maximum atomic E-state index is 12.4. The topological polar surface area (TPSA) is 64.9 Å². The number of hydrogen-bond acceptors (Lipinski definition) is 4. The lowest BCUT2D eigenvalue weighted by molar-refractivity contribution is -0.113. The number of rotatable bonds is 4. The van der Waals surface area contributed by atoms with E-state index in [9.17, 15) is 10.1 Å². The zero-order valence-electron chi connectivity index (χ0n) is 16.4. The van der Waals surface area contributed by atoms with E-state index in [2.05, 4.69) is 23.6 Å². The molecule has 1 fully saturated rings. The SMILES string of the molecule is C[C@@H]1CCC[C@@]2(C1)C(C#N)=C(SCC(=O)Nc1ccccc1)NC1=C2CCC1. The second-order valence-corrected chi connectivity index (χ2v) is 9.22. The van der Waals surface area contributed by atoms with Gasteiger partial charge in [0, 0.05) is 16.8 Å². The second-order valence-electron chi connectivity index (χ2n) is 8.24. The molecule has 0 saturated heterocycles. The Balaban J connectivity index is 1.55. The fourth-order valence-corrected chi connectivity index (χ4v) is 6.08. The van der Waals surface area contributed by atoms with Crippen molar-refractivity contribution in [2.45, 2.75) is 51.9 Å². The van der Waals surface area contributed by atoms with Crippen molar-refractivity contribution in [1.29, 1.82) is 5.26 Å². The van der Waals surface area contributed by atoms with Gasteiger partial charge in [-0.05, 0) is 55.7 Å². The Morgan fingerprint density at radius 2 is 2.14 bits per heavy atom. The van der Waals surface area contributed by atoms with Crippen molar-refractivity contribution in [1.82, 2.24) is 5.32 Å². The average molecular weight is 394 g/mol. The number of anilines is 1. The minimum atomic E-state index is -0.0955. The Kier molecular flexibility index (Phi) is 5.50. The van der Waals surface area contributed by atoms with Crippen LogP contribution in [0.2, 0.25) is 0 Å². The monoisotopic (exact) mass is 393 g/mol. The normalized spacial score (nSPS) is 26.6. The van der Waals surface area contributed by atoms with Gasteiger partial charge in [0.15, 0.2) is 0 Å². The molecule has 5 heteroatoms. The largest absolute Gasteiger partial charge is 0.353 e. The van der Waals surface area contributed by atoms with Gasteiger partial charge in [0.25, 0.3) is 0 Å². The zero-order valence-corrected chi connectivity index (χ0v) is 17.2. The summed E-state index contributed by atoms with van der Waals surface area (Å²) in [5, 5.41) is 17.5. The molecule has 1 saturated carbocycles. The van der Waals surface area contributed by atoms with E-state index in [0.29, 0.717) is 11.7 Å². The third kappa shape index (κ3) is 3.58. The highest BCUT2D eigenvalue weighted by atomic mass is 32.2. The summed E-state index contributed by atoms with van der Waals surface area (Å²) in [7, 11) is 0. The summed E-state index contributed by atoms with van der Waals surface area (Å²) in [6.07, 6.45) is 7.89. The number of thioether (sulfide) groups is 1. The van der Waals surface area contributed by atoms with Crippen molar-refractivity contribution < 1.29 is 4.79 Å². The predicted molar refractivity (Wildman–Crippen MR) is 114 cm³/mol. The van der Waals surface area contributed by atoms with Crippen LogP contribution in [0.25, 0.3) is 0 Å². The highest BCUT2D eigenvalue weighted by Gasteiger charge is 2.47. The Hall–Kier alpha value is -2.19. The highest BCUT2D eigenvalue weighted by Crippen LogP contribution is 2.57. The standard InChI is InChI=1S/C23H27N3OS/c1-16-7-6-12-23(13-16)18-10-5-11-20(18)26-22(19(23)14-24)28-15-21(27)25-17-8-3-2-4-9-17/h2-4,8-9,16,26H,5-7,10-13,15H2,1H3,(H,25,27)/t16-,23+/m1/s1. The molecule has 1 amide bonds. The lowest BCUT2D eigenvalue weighted by atomic mass is 9.61. The summed E-state index contributed by atoms with van der Waals surface area (Å²) in [6.45, 7) is 2.31. The van der Waals surface area contributed by atoms with E-state index in [1.807, 2.05) is 30.3 Å². The van der Waals surface area contributed by atoms with E-state index in [0.717, 1.165) is 42.0 Å². The van der Waals surface area contributed by atoms with E-state index in [4.69, 9.17) is 0 Å². The molecule has 4 nitrogen and oxygen atoms in total. The van der Waals surface area contributed by atoms with Crippen molar-refractivity contribution in [2.75, 3.05) is 11.1 Å². The summed E-state index contributed by atoms with van der Waals surface area (Å²) >= 11 is 1.47. The number of allylic oxidation sites excluding steroid dienone is 3. The third-order valence-electron chi connectivity index (χ3n) is 6.28. The summed E-state index contributed by atoms with van der Waals surface area (Å²) in [4.78, 5) is 12.4. The van der Waals surface area contributed by atoms with E-state index < -0.39 is 0 Å². The second kappa shape index (κ2) is 8.05. The van der Waals surface area contributed by atoms with Gasteiger partial charge in [0.05, 0.1) is 22.4 Å². The van der Waals surface area contributed by atoms with Gasteiger partial charge in [-0.2, -0.15) is 5.26 Å². The highest BCUT2D eigenvalue weighted by molar-refractivity contribution is 8.03. The van der Waals surface area contributed by atoms with E-state index in [1.165, 1.54) is 42.3 Å². The molecule has 2 atom stereocenters. The molecule has 2 aliphatic carbocycles. The molecule has 2 N–H and O–H groups in total. The Bertz CT molecular complexity index is 868. The molecule has 146 valence electrons. The molecule has 0 radical (unpaired) electrons. The minimum Gasteiger partial charge on any atom is -0.353 e. The molecule has 0 bridgehead atoms. The number of dihydropyridines is 1. The first-order valence-electron chi connectivity index (χ1n) is 10.2. The van der Waals surface area contributed by atoms with Crippen LogP contribution in [0.5, 0.6) is 0 Å². The number of nitrogens with zero attached hydrogens (tertiary/aromatic N) is 1. The van der Waals surface area contributed by atoms with Gasteiger partial charge in [-0.3, -0.25) is 4.79 Å². The van der Waals surface area contributed by atoms with Gasteiger partial charge in [-0.15, -0.1) is 0 Å². The van der Waals surface area contributed by atoms with Crippen molar-refractivity contribution in [3.63, 3.8) is 0 Å². The number of nitrogens with one attached hydrogen (secondary N) is 2. The lowest BCUT2D eigenvalue weighted by Crippen LogP contribution is -2.38. The van der Waals surface area contributed by atoms with Crippen LogP contribution in [-0.4, -0.2) is 11.7 Å². The van der Waals surface area contributed by atoms with Gasteiger partial charge in [0.2, 0.25) is 5.91 Å². The molecule has 1 aromatic rings. The van der Waals surface area contributed by atoms with Gasteiger partial charge >= 0.3 is 0 Å². The summed E-state index contributed by atoms with van der Waals surface area (Å²) < 4.78 is 0. The minimum absolute atomic E-state index is 0.0416. The molecule has 1 aliphatic heterocycles. The molecule has 28 heavy (non-hydrogen) atoms. The van der Waals surface area contributed by atoms with Crippen LogP contribution in [0.1, 0.15) is 51.9 Å². The predicted octanol–water partition coefficient (Wildman–Crippen LogP) is 5.33. The van der Waals surface area contributed by atoms with Gasteiger partial charge in [0.1, 0.15) is 0 Å². The number of nitriles is 1. The van der Waals surface area contributed by atoms with Crippen molar-refractivity contribution >= 4 is 23.4 Å². The molecule has 0 unspecified atom stereocenters. The van der Waals surface area contributed by atoms with E-state index in [1.54, 1.807) is 0 Å². The van der Waals surface area contributed by atoms with Crippen LogP contribution in [0.3, 0.4) is 0 Å². The van der Waals surface area contributed by atoms with Crippen LogP contribution >= 0.6 is 11.8 Å². The van der Waals surface area contributed by atoms with Crippen LogP contribution in [0.4, 0.5) is 5.69 Å². The number of hydrogen-bond donors (Lipinski definition) is 2. The van der Waals surface area contributed by atoms with Gasteiger partial charge < -0.3 is 10.6 Å². The molecule has 1 spiro atoms. The molecule has 4 rings (SSSR count). The van der Waals surface area contributed by atoms with Crippen LogP contribution in [0, 0.1) is 22.7 Å². The molecule has 0 aromatic heterocycles. The van der Waals surface area contributed by atoms with Crippen LogP contribution < -0.4 is 10.6 Å². The maximum Gasteiger partial charge on any atom is 0.234 e. The van der Waals surface area contributed by atoms with Crippen molar-refractivity contribution in [3.8, 4) is 6.07 Å². The van der Waals surface area contributed by atoms with E-state index >= 15 is 0 Å². The van der Waals surface area contributed by atoms with Crippen LogP contribution in [-0.2, 0) is 4.79 Å². The molecule has 1 aromatic carbocycles. The number of benzene rings is 1. The van der Waals surface area contributed by atoms with Crippen molar-refractivity contribution in [3.05, 3.63) is 52.2 Å². The lowest BCUT2D eigenvalue weighted by Gasteiger charge is -2.45. The maximum absolute atomic E-state index is 12.4.